The number of nitrogens with two attached hydrogens (primary N) is 1. The normalized spacial score (nSPS) is 23.1. The number of amides is 1. The van der Waals surface area contributed by atoms with Crippen molar-refractivity contribution in [2.24, 2.45) is 10.7 Å². The number of alkyl halides is 2. The largest absolute Gasteiger partial charge is 0.460 e. The maximum atomic E-state index is 14.8. The molecule has 11 heteroatoms. The number of carbonyl (C=O) groups excluding carboxylic acids is 1. The first-order valence-corrected chi connectivity index (χ1v) is 11.1. The number of amidine groups is 1. The molecule has 0 spiro atoms. The Balaban J connectivity index is 1.88. The van der Waals surface area contributed by atoms with Crippen LogP contribution in [0.1, 0.15) is 48.9 Å². The third-order valence-electron chi connectivity index (χ3n) is 5.33. The highest BCUT2D eigenvalue weighted by atomic mass is 32.2. The second-order valence-corrected chi connectivity index (χ2v) is 9.89. The lowest BCUT2D eigenvalue weighted by molar-refractivity contribution is 0.0893. The third kappa shape index (κ3) is 5.28. The Morgan fingerprint density at radius 1 is 1.38 bits per heavy atom. The number of halogens is 3. The molecule has 2 heterocycles. The number of benzene rings is 1. The zero-order valence-electron chi connectivity index (χ0n) is 19.0. The van der Waals surface area contributed by atoms with Crippen LogP contribution in [0.2, 0.25) is 0 Å². The molecule has 1 aliphatic rings. The molecular formula is C23H24F3N5O2S. The molecule has 1 aromatic heterocycles. The van der Waals surface area contributed by atoms with E-state index in [4.69, 9.17) is 16.9 Å². The van der Waals surface area contributed by atoms with E-state index in [0.717, 1.165) is 17.8 Å². The van der Waals surface area contributed by atoms with Crippen molar-refractivity contribution in [3.05, 3.63) is 47.2 Å². The van der Waals surface area contributed by atoms with Gasteiger partial charge in [0.1, 0.15) is 11.5 Å². The van der Waals surface area contributed by atoms with Crippen LogP contribution in [-0.4, -0.2) is 38.3 Å². The van der Waals surface area contributed by atoms with E-state index in [1.165, 1.54) is 32.2 Å². The van der Waals surface area contributed by atoms with Gasteiger partial charge < -0.3 is 15.8 Å². The number of aryl methyl sites for hydroxylation is 1. The van der Waals surface area contributed by atoms with Gasteiger partial charge in [-0.25, -0.2) is 23.1 Å². The zero-order chi connectivity index (χ0) is 25.3. The molecule has 0 saturated carbocycles. The summed E-state index contributed by atoms with van der Waals surface area (Å²) in [6.07, 6.45) is 3.18. The van der Waals surface area contributed by atoms with Crippen LogP contribution in [-0.2, 0) is 5.54 Å². The number of rotatable bonds is 6. The highest BCUT2D eigenvalue weighted by Gasteiger charge is 2.48. The molecule has 34 heavy (non-hydrogen) atoms. The van der Waals surface area contributed by atoms with Gasteiger partial charge in [-0.2, -0.15) is 0 Å². The molecule has 0 radical (unpaired) electrons. The van der Waals surface area contributed by atoms with Crippen LogP contribution in [0.15, 0.2) is 29.4 Å². The fourth-order valence-corrected chi connectivity index (χ4v) is 4.87. The first-order valence-electron chi connectivity index (χ1n) is 10.3. The predicted octanol–water partition coefficient (Wildman–Crippen LogP) is 4.27. The molecule has 180 valence electrons. The smallest absolute Gasteiger partial charge is 0.276 e. The monoisotopic (exact) mass is 491 g/mol. The van der Waals surface area contributed by atoms with Gasteiger partial charge in [-0.15, -0.1) is 6.42 Å². The van der Waals surface area contributed by atoms with Crippen LogP contribution in [0.3, 0.4) is 0 Å². The summed E-state index contributed by atoms with van der Waals surface area (Å²) in [5.41, 5.74) is 5.06. The Bertz CT molecular complexity index is 1190. The van der Waals surface area contributed by atoms with Gasteiger partial charge in [0.05, 0.1) is 22.2 Å². The Morgan fingerprint density at radius 2 is 2.09 bits per heavy atom. The van der Waals surface area contributed by atoms with Gasteiger partial charge in [-0.1, -0.05) is 17.7 Å². The van der Waals surface area contributed by atoms with Crippen molar-refractivity contribution in [1.29, 1.82) is 0 Å². The molecule has 0 saturated heterocycles. The third-order valence-corrected chi connectivity index (χ3v) is 6.42. The van der Waals surface area contributed by atoms with Crippen molar-refractivity contribution in [1.82, 2.24) is 9.97 Å². The number of hydrogen-bond acceptors (Lipinski definition) is 7. The highest BCUT2D eigenvalue weighted by molar-refractivity contribution is 8.15. The number of ether oxygens (including phenoxy) is 1. The standard InChI is InChI=1S/C23H24F3N5O2S/c1-6-12(2)33-17-10-28-18(13(3)29-17)19(32)30-14-7-8-16(24)15(9-14)22(4)11-23(5,20(25)26)34-21(27)31-22/h1,7-10,12,20H,11H2,2-5H3,(H2,27,31)(H,30,32)/t12-,22-,23+/m0/s1. The number of anilines is 1. The SMILES string of the molecule is C#C[C@H](C)Oc1cnc(C(=O)Nc2ccc(F)c([C@]3(C)C[C@](C)(C(F)F)SC(N)=N3)c2)c(C)n1. The fourth-order valence-electron chi connectivity index (χ4n) is 3.70. The van der Waals surface area contributed by atoms with Gasteiger partial charge in [-0.05, 0) is 52.3 Å². The number of nitrogens with one attached hydrogen (secondary N) is 1. The van der Waals surface area contributed by atoms with Crippen LogP contribution in [0.5, 0.6) is 5.88 Å². The molecule has 1 aliphatic heterocycles. The summed E-state index contributed by atoms with van der Waals surface area (Å²) in [7, 11) is 0. The molecule has 7 nitrogen and oxygen atoms in total. The van der Waals surface area contributed by atoms with Crippen molar-refractivity contribution in [3.63, 3.8) is 0 Å². The Labute approximate surface area is 199 Å². The van der Waals surface area contributed by atoms with Crippen LogP contribution >= 0.6 is 11.8 Å². The number of aromatic nitrogens is 2. The Morgan fingerprint density at radius 3 is 2.71 bits per heavy atom. The molecule has 1 aromatic carbocycles. The van der Waals surface area contributed by atoms with E-state index in [1.807, 2.05) is 0 Å². The fraction of sp³-hybridized carbons (Fsp3) is 0.391. The summed E-state index contributed by atoms with van der Waals surface area (Å²) in [5, 5.41) is 2.58. The van der Waals surface area contributed by atoms with Crippen LogP contribution in [0, 0.1) is 25.1 Å². The van der Waals surface area contributed by atoms with E-state index in [-0.39, 0.29) is 34.4 Å². The Hall–Kier alpha value is -3.26. The Kier molecular flexibility index (Phi) is 7.12. The van der Waals surface area contributed by atoms with Crippen molar-refractivity contribution in [2.45, 2.75) is 56.9 Å². The summed E-state index contributed by atoms with van der Waals surface area (Å²) in [4.78, 5) is 25.3. The van der Waals surface area contributed by atoms with E-state index >= 15 is 0 Å². The maximum Gasteiger partial charge on any atom is 0.276 e. The lowest BCUT2D eigenvalue weighted by Crippen LogP contribution is -2.44. The zero-order valence-corrected chi connectivity index (χ0v) is 19.8. The molecule has 0 fully saturated rings. The van der Waals surface area contributed by atoms with Gasteiger partial charge in [0.25, 0.3) is 12.3 Å². The number of nitrogens with zero attached hydrogens (tertiary/aromatic N) is 3. The number of thioether (sulfide) groups is 1. The molecule has 0 bridgehead atoms. The molecule has 0 unspecified atom stereocenters. The summed E-state index contributed by atoms with van der Waals surface area (Å²) < 4.78 is 46.1. The van der Waals surface area contributed by atoms with Crippen LogP contribution in [0.25, 0.3) is 0 Å². The van der Waals surface area contributed by atoms with Gasteiger partial charge in [0, 0.05) is 11.3 Å². The number of aliphatic imine (C=N–C) groups is 1. The molecule has 3 N–H and O–H groups in total. The number of hydrogen-bond donors (Lipinski definition) is 2. The molecule has 1 amide bonds. The number of terminal acetylenes is 1. The minimum Gasteiger partial charge on any atom is -0.460 e. The predicted molar refractivity (Wildman–Crippen MR) is 126 cm³/mol. The summed E-state index contributed by atoms with van der Waals surface area (Å²) >= 11 is 0.769. The quantitative estimate of drug-likeness (QED) is 0.585. The first-order chi connectivity index (χ1) is 15.9. The van der Waals surface area contributed by atoms with E-state index < -0.39 is 34.5 Å². The van der Waals surface area contributed by atoms with E-state index in [2.05, 4.69) is 26.2 Å². The van der Waals surface area contributed by atoms with E-state index in [1.54, 1.807) is 13.8 Å². The molecular weight excluding hydrogens is 467 g/mol. The summed E-state index contributed by atoms with van der Waals surface area (Å²) in [6.45, 7) is 6.15. The van der Waals surface area contributed by atoms with Crippen LogP contribution in [0.4, 0.5) is 18.9 Å². The molecule has 2 aromatic rings. The average Bonchev–Trinajstić information content (AvgIpc) is 2.73. The second-order valence-electron chi connectivity index (χ2n) is 8.33. The molecule has 3 rings (SSSR count). The number of carbonyl (C=O) groups is 1. The maximum absolute atomic E-state index is 14.8. The van der Waals surface area contributed by atoms with Crippen molar-refractivity contribution < 1.29 is 22.7 Å². The van der Waals surface area contributed by atoms with Gasteiger partial charge in [0.2, 0.25) is 5.88 Å². The second kappa shape index (κ2) is 9.54. The van der Waals surface area contributed by atoms with E-state index in [0.29, 0.717) is 5.69 Å². The first kappa shape index (κ1) is 25.4. The van der Waals surface area contributed by atoms with Crippen LogP contribution < -0.4 is 15.8 Å². The van der Waals surface area contributed by atoms with Gasteiger partial charge in [0.15, 0.2) is 11.3 Å². The lowest BCUT2D eigenvalue weighted by atomic mass is 9.83. The lowest BCUT2D eigenvalue weighted by Gasteiger charge is -2.40. The van der Waals surface area contributed by atoms with Gasteiger partial charge >= 0.3 is 0 Å². The van der Waals surface area contributed by atoms with E-state index in [9.17, 15) is 18.0 Å². The molecule has 0 aliphatic carbocycles. The summed E-state index contributed by atoms with van der Waals surface area (Å²) in [5.74, 6) is 1.32. The van der Waals surface area contributed by atoms with Crippen molar-refractivity contribution >= 4 is 28.5 Å². The van der Waals surface area contributed by atoms with Crippen molar-refractivity contribution in [3.8, 4) is 18.2 Å². The minimum atomic E-state index is -2.70. The average molecular weight is 492 g/mol. The minimum absolute atomic E-state index is 0.0272. The van der Waals surface area contributed by atoms with Gasteiger partial charge in [-0.3, -0.25) is 9.79 Å². The highest BCUT2D eigenvalue weighted by Crippen LogP contribution is 2.48. The summed E-state index contributed by atoms with van der Waals surface area (Å²) in [6, 6.07) is 3.85. The topological polar surface area (TPSA) is 102 Å². The molecule has 3 atom stereocenters. The van der Waals surface area contributed by atoms with Crippen molar-refractivity contribution in [2.75, 3.05) is 5.32 Å².